The molecule has 0 unspecified atom stereocenters. The fraction of sp³-hybridized carbons (Fsp3) is 0.100. The number of thiazole rings is 1. The van der Waals surface area contributed by atoms with E-state index in [1.807, 2.05) is 23.6 Å². The van der Waals surface area contributed by atoms with Gasteiger partial charge in [0.2, 0.25) is 5.91 Å². The highest BCUT2D eigenvalue weighted by atomic mass is 35.5. The molecule has 0 aliphatic carbocycles. The lowest BCUT2D eigenvalue weighted by Crippen LogP contribution is -2.07. The molecule has 2 aromatic carbocycles. The Bertz CT molecular complexity index is 929. The molecule has 1 N–H and O–H groups in total. The Hall–Kier alpha value is -2.43. The molecule has 0 spiro atoms. The lowest BCUT2D eigenvalue weighted by Gasteiger charge is -2.02. The van der Waals surface area contributed by atoms with Gasteiger partial charge in [-0.05, 0) is 54.8 Å². The molecule has 25 heavy (non-hydrogen) atoms. The molecule has 3 aromatic rings. The zero-order valence-corrected chi connectivity index (χ0v) is 15.5. The van der Waals surface area contributed by atoms with Crippen molar-refractivity contribution in [2.45, 2.75) is 13.8 Å². The molecule has 0 atom stereocenters. The zero-order chi connectivity index (χ0) is 17.8. The summed E-state index contributed by atoms with van der Waals surface area (Å²) in [6.07, 6.45) is 3.23. The van der Waals surface area contributed by atoms with E-state index in [0.29, 0.717) is 10.2 Å². The Kier molecular flexibility index (Phi) is 5.31. The van der Waals surface area contributed by atoms with Crippen molar-refractivity contribution in [1.82, 2.24) is 4.98 Å². The molecule has 0 bridgehead atoms. The number of anilines is 1. The maximum absolute atomic E-state index is 12.0. The first-order valence-electron chi connectivity index (χ1n) is 7.79. The second-order valence-electron chi connectivity index (χ2n) is 5.71. The van der Waals surface area contributed by atoms with E-state index in [4.69, 9.17) is 11.6 Å². The number of carbonyl (C=O) groups is 1. The molecule has 0 radical (unpaired) electrons. The van der Waals surface area contributed by atoms with Crippen LogP contribution in [-0.4, -0.2) is 10.9 Å². The van der Waals surface area contributed by atoms with E-state index in [0.717, 1.165) is 16.8 Å². The Morgan fingerprint density at radius 3 is 2.60 bits per heavy atom. The Balaban J connectivity index is 1.67. The first-order valence-corrected chi connectivity index (χ1v) is 9.05. The quantitative estimate of drug-likeness (QED) is 0.597. The summed E-state index contributed by atoms with van der Waals surface area (Å²) in [5.74, 6) is -0.212. The van der Waals surface area contributed by atoms with E-state index in [1.54, 1.807) is 18.2 Å². The van der Waals surface area contributed by atoms with E-state index in [2.05, 4.69) is 36.3 Å². The van der Waals surface area contributed by atoms with Gasteiger partial charge in [0.1, 0.15) is 0 Å². The van der Waals surface area contributed by atoms with Crippen molar-refractivity contribution in [3.8, 4) is 11.3 Å². The second-order valence-corrected chi connectivity index (χ2v) is 7.01. The Morgan fingerprint density at radius 1 is 1.12 bits per heavy atom. The minimum atomic E-state index is -0.212. The topological polar surface area (TPSA) is 42.0 Å². The minimum Gasteiger partial charge on any atom is -0.298 e. The third-order valence-corrected chi connectivity index (χ3v) is 4.84. The van der Waals surface area contributed by atoms with Gasteiger partial charge in [-0.3, -0.25) is 10.1 Å². The molecule has 0 saturated heterocycles. The highest BCUT2D eigenvalue weighted by molar-refractivity contribution is 7.14. The summed E-state index contributed by atoms with van der Waals surface area (Å²) in [4.78, 5) is 16.5. The van der Waals surface area contributed by atoms with Crippen LogP contribution in [0.1, 0.15) is 16.7 Å². The van der Waals surface area contributed by atoms with Crippen LogP contribution in [0, 0.1) is 13.8 Å². The summed E-state index contributed by atoms with van der Waals surface area (Å²) >= 11 is 7.25. The van der Waals surface area contributed by atoms with E-state index in [1.165, 1.54) is 28.5 Å². The average molecular weight is 369 g/mol. The summed E-state index contributed by atoms with van der Waals surface area (Å²) in [7, 11) is 0. The van der Waals surface area contributed by atoms with Gasteiger partial charge in [-0.25, -0.2) is 4.98 Å². The summed E-state index contributed by atoms with van der Waals surface area (Å²) in [5.41, 5.74) is 5.30. The summed E-state index contributed by atoms with van der Waals surface area (Å²) in [5, 5.41) is 5.99. The smallest absolute Gasteiger partial charge is 0.250 e. The van der Waals surface area contributed by atoms with Crippen LogP contribution in [0.3, 0.4) is 0 Å². The van der Waals surface area contributed by atoms with Crippen molar-refractivity contribution < 1.29 is 4.79 Å². The number of halogens is 1. The number of nitrogens with one attached hydrogen (secondary N) is 1. The second kappa shape index (κ2) is 7.64. The number of aromatic nitrogens is 1. The van der Waals surface area contributed by atoms with E-state index in [9.17, 15) is 4.79 Å². The number of aryl methyl sites for hydroxylation is 2. The zero-order valence-electron chi connectivity index (χ0n) is 13.9. The predicted molar refractivity (Wildman–Crippen MR) is 106 cm³/mol. The van der Waals surface area contributed by atoms with Crippen LogP contribution in [0.25, 0.3) is 17.3 Å². The lowest BCUT2D eigenvalue weighted by atomic mass is 10.1. The molecule has 3 nitrogen and oxygen atoms in total. The van der Waals surface area contributed by atoms with Gasteiger partial charge in [0, 0.05) is 22.0 Å². The average Bonchev–Trinajstić information content (AvgIpc) is 3.05. The maximum atomic E-state index is 12.0. The van der Waals surface area contributed by atoms with E-state index >= 15 is 0 Å². The van der Waals surface area contributed by atoms with Crippen molar-refractivity contribution >= 4 is 40.1 Å². The Labute approximate surface area is 156 Å². The van der Waals surface area contributed by atoms with Crippen LogP contribution in [0.5, 0.6) is 0 Å². The number of rotatable bonds is 4. The van der Waals surface area contributed by atoms with Gasteiger partial charge in [0.15, 0.2) is 5.13 Å². The van der Waals surface area contributed by atoms with Gasteiger partial charge >= 0.3 is 0 Å². The number of nitrogens with zero attached hydrogens (tertiary/aromatic N) is 1. The molecule has 0 fully saturated rings. The molecule has 0 saturated carbocycles. The molecule has 1 amide bonds. The molecule has 126 valence electrons. The Morgan fingerprint density at radius 2 is 1.88 bits per heavy atom. The number of hydrogen-bond donors (Lipinski definition) is 1. The maximum Gasteiger partial charge on any atom is 0.250 e. The minimum absolute atomic E-state index is 0.212. The lowest BCUT2D eigenvalue weighted by molar-refractivity contribution is -0.111. The highest BCUT2D eigenvalue weighted by Crippen LogP contribution is 2.26. The number of benzene rings is 2. The normalized spacial score (nSPS) is 11.0. The summed E-state index contributed by atoms with van der Waals surface area (Å²) in [6, 6.07) is 13.5. The van der Waals surface area contributed by atoms with E-state index < -0.39 is 0 Å². The van der Waals surface area contributed by atoms with Crippen LogP contribution in [0.15, 0.2) is 53.9 Å². The van der Waals surface area contributed by atoms with E-state index in [-0.39, 0.29) is 5.91 Å². The third kappa shape index (κ3) is 4.56. The fourth-order valence-corrected chi connectivity index (χ4v) is 3.11. The summed E-state index contributed by atoms with van der Waals surface area (Å²) < 4.78 is 0. The highest BCUT2D eigenvalue weighted by Gasteiger charge is 2.07. The molecular weight excluding hydrogens is 352 g/mol. The number of carbonyl (C=O) groups excluding carboxylic acids is 1. The van der Waals surface area contributed by atoms with Gasteiger partial charge in [0.25, 0.3) is 0 Å². The van der Waals surface area contributed by atoms with Gasteiger partial charge in [0.05, 0.1) is 5.69 Å². The van der Waals surface area contributed by atoms with Crippen LogP contribution in [0.4, 0.5) is 5.13 Å². The standard InChI is InChI=1S/C20H17ClN2OS/c1-13-3-7-16(11-14(13)2)18-12-25-20(22-18)23-19(24)10-6-15-4-8-17(21)9-5-15/h3-12H,1-2H3,(H,22,23,24). The molecule has 0 aliphatic rings. The first-order chi connectivity index (χ1) is 12.0. The van der Waals surface area contributed by atoms with Gasteiger partial charge in [-0.1, -0.05) is 35.9 Å². The third-order valence-electron chi connectivity index (χ3n) is 3.83. The van der Waals surface area contributed by atoms with Crippen LogP contribution in [0.2, 0.25) is 5.02 Å². The molecular formula is C20H17ClN2OS. The molecule has 5 heteroatoms. The van der Waals surface area contributed by atoms with Crippen LogP contribution < -0.4 is 5.32 Å². The fourth-order valence-electron chi connectivity index (χ4n) is 2.26. The van der Waals surface area contributed by atoms with Gasteiger partial charge < -0.3 is 0 Å². The van der Waals surface area contributed by atoms with Crippen LogP contribution >= 0.6 is 22.9 Å². The molecule has 1 heterocycles. The van der Waals surface area contributed by atoms with Crippen molar-refractivity contribution in [3.05, 3.63) is 75.6 Å². The van der Waals surface area contributed by atoms with Crippen molar-refractivity contribution in [2.75, 3.05) is 5.32 Å². The predicted octanol–water partition coefficient (Wildman–Crippen LogP) is 5.73. The number of hydrogen-bond acceptors (Lipinski definition) is 3. The van der Waals surface area contributed by atoms with Crippen molar-refractivity contribution in [1.29, 1.82) is 0 Å². The SMILES string of the molecule is Cc1ccc(-c2csc(NC(=O)C=Cc3ccc(Cl)cc3)n2)cc1C. The molecule has 3 rings (SSSR count). The number of amides is 1. The van der Waals surface area contributed by atoms with Gasteiger partial charge in [-0.15, -0.1) is 11.3 Å². The monoisotopic (exact) mass is 368 g/mol. The van der Waals surface area contributed by atoms with Crippen molar-refractivity contribution in [3.63, 3.8) is 0 Å². The van der Waals surface area contributed by atoms with Crippen molar-refractivity contribution in [2.24, 2.45) is 0 Å². The first kappa shape index (κ1) is 17.4. The van der Waals surface area contributed by atoms with Crippen LogP contribution in [-0.2, 0) is 4.79 Å². The molecule has 0 aliphatic heterocycles. The van der Waals surface area contributed by atoms with Gasteiger partial charge in [-0.2, -0.15) is 0 Å². The largest absolute Gasteiger partial charge is 0.298 e. The summed E-state index contributed by atoms with van der Waals surface area (Å²) in [6.45, 7) is 4.16. The molecule has 1 aromatic heterocycles.